The molecule has 1 aliphatic rings. The van der Waals surface area contributed by atoms with E-state index < -0.39 is 16.9 Å². The average molecular weight is 280 g/mol. The summed E-state index contributed by atoms with van der Waals surface area (Å²) >= 11 is 0. The zero-order chi connectivity index (χ0) is 14.7. The van der Waals surface area contributed by atoms with E-state index in [0.29, 0.717) is 25.3 Å². The fourth-order valence-electron chi connectivity index (χ4n) is 2.17. The number of nitrogen functional groups attached to an aromatic ring is 1. The summed E-state index contributed by atoms with van der Waals surface area (Å²) in [6.45, 7) is 1.68. The van der Waals surface area contributed by atoms with E-state index in [1.165, 1.54) is 12.1 Å². The van der Waals surface area contributed by atoms with Crippen molar-refractivity contribution in [3.8, 4) is 0 Å². The topological polar surface area (TPSA) is 125 Å². The third-order valence-corrected chi connectivity index (χ3v) is 3.24. The van der Waals surface area contributed by atoms with Crippen LogP contribution in [-0.2, 0) is 16.1 Å². The van der Waals surface area contributed by atoms with Gasteiger partial charge in [-0.3, -0.25) is 19.8 Å². The minimum Gasteiger partial charge on any atom is -0.393 e. The molecule has 8 nitrogen and oxygen atoms in total. The molecular formula is C12H16N4O4. The number of primary amides is 1. The molecule has 1 aromatic rings. The highest BCUT2D eigenvalue weighted by molar-refractivity contribution is 5.80. The Kier molecular flexibility index (Phi) is 4.16. The van der Waals surface area contributed by atoms with E-state index in [1.54, 1.807) is 6.07 Å². The first-order valence-electron chi connectivity index (χ1n) is 6.13. The SMILES string of the molecule is NC(=O)C1COCCN1Cc1ccc(N)c([N+](=O)[O-])c1. The van der Waals surface area contributed by atoms with Crippen molar-refractivity contribution >= 4 is 17.3 Å². The molecule has 20 heavy (non-hydrogen) atoms. The summed E-state index contributed by atoms with van der Waals surface area (Å²) in [6.07, 6.45) is 0. The molecule has 1 fully saturated rings. The number of nitro benzene ring substituents is 1. The molecule has 1 aliphatic heterocycles. The smallest absolute Gasteiger partial charge is 0.292 e. The summed E-state index contributed by atoms with van der Waals surface area (Å²) in [4.78, 5) is 23.5. The second-order valence-electron chi connectivity index (χ2n) is 4.61. The highest BCUT2D eigenvalue weighted by Crippen LogP contribution is 2.23. The van der Waals surface area contributed by atoms with Crippen LogP contribution in [0, 0.1) is 10.1 Å². The summed E-state index contributed by atoms with van der Waals surface area (Å²) in [5.41, 5.74) is 11.6. The van der Waals surface area contributed by atoms with Crippen LogP contribution in [0.1, 0.15) is 5.56 Å². The number of amides is 1. The van der Waals surface area contributed by atoms with Gasteiger partial charge in [0.1, 0.15) is 11.7 Å². The summed E-state index contributed by atoms with van der Waals surface area (Å²) < 4.78 is 5.22. The van der Waals surface area contributed by atoms with Gasteiger partial charge in [-0.1, -0.05) is 6.07 Å². The van der Waals surface area contributed by atoms with Crippen molar-refractivity contribution in [1.29, 1.82) is 0 Å². The number of benzene rings is 1. The van der Waals surface area contributed by atoms with Gasteiger partial charge in [0, 0.05) is 19.2 Å². The first-order chi connectivity index (χ1) is 9.49. The lowest BCUT2D eigenvalue weighted by Crippen LogP contribution is -2.51. The third-order valence-electron chi connectivity index (χ3n) is 3.24. The number of carbonyl (C=O) groups is 1. The quantitative estimate of drug-likeness (QED) is 0.449. The lowest BCUT2D eigenvalue weighted by Gasteiger charge is -2.33. The molecule has 0 saturated carbocycles. The molecule has 4 N–H and O–H groups in total. The van der Waals surface area contributed by atoms with Crippen LogP contribution in [0.5, 0.6) is 0 Å². The minimum atomic E-state index is -0.524. The van der Waals surface area contributed by atoms with Crippen molar-refractivity contribution in [3.63, 3.8) is 0 Å². The van der Waals surface area contributed by atoms with Gasteiger partial charge in [-0.25, -0.2) is 0 Å². The number of nitrogens with zero attached hydrogens (tertiary/aromatic N) is 2. The number of morpholine rings is 1. The van der Waals surface area contributed by atoms with Crippen LogP contribution < -0.4 is 11.5 Å². The second kappa shape index (κ2) is 5.85. The van der Waals surface area contributed by atoms with Crippen molar-refractivity contribution in [2.24, 2.45) is 5.73 Å². The molecule has 1 unspecified atom stereocenters. The van der Waals surface area contributed by atoms with E-state index in [9.17, 15) is 14.9 Å². The standard InChI is InChI=1S/C12H16N4O4/c13-9-2-1-8(5-10(9)16(18)19)6-15-3-4-20-7-11(15)12(14)17/h1-2,5,11H,3-4,6-7,13H2,(H2,14,17). The van der Waals surface area contributed by atoms with E-state index in [-0.39, 0.29) is 18.0 Å². The Hall–Kier alpha value is -2.19. The largest absolute Gasteiger partial charge is 0.393 e. The molecule has 1 amide bonds. The van der Waals surface area contributed by atoms with Crippen LogP contribution >= 0.6 is 0 Å². The Balaban J connectivity index is 2.18. The van der Waals surface area contributed by atoms with Crippen LogP contribution in [0.25, 0.3) is 0 Å². The number of carbonyl (C=O) groups excluding carboxylic acids is 1. The number of rotatable bonds is 4. The average Bonchev–Trinajstić information content (AvgIpc) is 2.41. The van der Waals surface area contributed by atoms with Gasteiger partial charge in [-0.15, -0.1) is 0 Å². The molecule has 1 aromatic carbocycles. The zero-order valence-corrected chi connectivity index (χ0v) is 10.8. The van der Waals surface area contributed by atoms with Gasteiger partial charge in [0.05, 0.1) is 18.1 Å². The molecule has 8 heteroatoms. The van der Waals surface area contributed by atoms with Crippen LogP contribution in [0.2, 0.25) is 0 Å². The third kappa shape index (κ3) is 3.03. The first kappa shape index (κ1) is 14.2. The molecule has 1 saturated heterocycles. The summed E-state index contributed by atoms with van der Waals surface area (Å²) in [5.74, 6) is -0.463. The van der Waals surface area contributed by atoms with E-state index in [1.807, 2.05) is 4.90 Å². The zero-order valence-electron chi connectivity index (χ0n) is 10.8. The first-order valence-corrected chi connectivity index (χ1v) is 6.13. The molecule has 0 bridgehead atoms. The predicted molar refractivity (Wildman–Crippen MR) is 71.7 cm³/mol. The van der Waals surface area contributed by atoms with Crippen LogP contribution in [0.3, 0.4) is 0 Å². The molecule has 2 rings (SSSR count). The van der Waals surface area contributed by atoms with Gasteiger partial charge in [0.25, 0.3) is 5.69 Å². The Morgan fingerprint density at radius 3 is 2.95 bits per heavy atom. The molecule has 108 valence electrons. The molecule has 1 heterocycles. The minimum absolute atomic E-state index is 0.118. The normalized spacial score (nSPS) is 19.7. The molecule has 0 aromatic heterocycles. The van der Waals surface area contributed by atoms with Crippen molar-refractivity contribution in [3.05, 3.63) is 33.9 Å². The fourth-order valence-corrected chi connectivity index (χ4v) is 2.17. The monoisotopic (exact) mass is 280 g/mol. The Bertz CT molecular complexity index is 534. The summed E-state index contributed by atoms with van der Waals surface area (Å²) in [7, 11) is 0. The number of nitrogens with two attached hydrogens (primary N) is 2. The van der Waals surface area contributed by atoms with Gasteiger partial charge in [-0.05, 0) is 11.6 Å². The summed E-state index contributed by atoms with van der Waals surface area (Å²) in [6, 6.07) is 4.10. The molecule has 0 aliphatic carbocycles. The van der Waals surface area contributed by atoms with Gasteiger partial charge >= 0.3 is 0 Å². The molecule has 0 radical (unpaired) electrons. The molecule has 0 spiro atoms. The summed E-state index contributed by atoms with van der Waals surface area (Å²) in [5, 5.41) is 10.9. The lowest BCUT2D eigenvalue weighted by atomic mass is 10.1. The van der Waals surface area contributed by atoms with Crippen LogP contribution in [0.4, 0.5) is 11.4 Å². The van der Waals surface area contributed by atoms with Crippen molar-refractivity contribution in [2.75, 3.05) is 25.5 Å². The van der Waals surface area contributed by atoms with Crippen molar-refractivity contribution in [2.45, 2.75) is 12.6 Å². The fraction of sp³-hybridized carbons (Fsp3) is 0.417. The van der Waals surface area contributed by atoms with Crippen molar-refractivity contribution < 1.29 is 14.5 Å². The molecular weight excluding hydrogens is 264 g/mol. The van der Waals surface area contributed by atoms with Gasteiger partial charge in [-0.2, -0.15) is 0 Å². The van der Waals surface area contributed by atoms with Crippen molar-refractivity contribution in [1.82, 2.24) is 4.90 Å². The van der Waals surface area contributed by atoms with Gasteiger partial charge < -0.3 is 16.2 Å². The molecule has 1 atom stereocenters. The Morgan fingerprint density at radius 1 is 1.55 bits per heavy atom. The Morgan fingerprint density at radius 2 is 2.30 bits per heavy atom. The predicted octanol–water partition coefficient (Wildman–Crippen LogP) is -0.137. The number of hydrogen-bond acceptors (Lipinski definition) is 6. The maximum absolute atomic E-state index is 11.4. The Labute approximate surface area is 115 Å². The van der Waals surface area contributed by atoms with E-state index in [2.05, 4.69) is 0 Å². The highest BCUT2D eigenvalue weighted by atomic mass is 16.6. The van der Waals surface area contributed by atoms with Crippen LogP contribution in [-0.4, -0.2) is 41.5 Å². The number of nitro groups is 1. The second-order valence-corrected chi connectivity index (χ2v) is 4.61. The number of anilines is 1. The van der Waals surface area contributed by atoms with E-state index >= 15 is 0 Å². The van der Waals surface area contributed by atoms with E-state index in [4.69, 9.17) is 16.2 Å². The lowest BCUT2D eigenvalue weighted by molar-refractivity contribution is -0.384. The van der Waals surface area contributed by atoms with Crippen LogP contribution in [0.15, 0.2) is 18.2 Å². The number of hydrogen-bond donors (Lipinski definition) is 2. The van der Waals surface area contributed by atoms with E-state index in [0.717, 1.165) is 0 Å². The number of ether oxygens (including phenoxy) is 1. The maximum atomic E-state index is 11.4. The van der Waals surface area contributed by atoms with Gasteiger partial charge in [0.2, 0.25) is 5.91 Å². The van der Waals surface area contributed by atoms with Gasteiger partial charge in [0.15, 0.2) is 0 Å². The maximum Gasteiger partial charge on any atom is 0.292 e. The highest BCUT2D eigenvalue weighted by Gasteiger charge is 2.28.